The van der Waals surface area contributed by atoms with Crippen molar-refractivity contribution < 1.29 is 14.3 Å². The van der Waals surface area contributed by atoms with Gasteiger partial charge in [-0.15, -0.1) is 0 Å². The van der Waals surface area contributed by atoms with E-state index in [-0.39, 0.29) is 5.91 Å². The maximum absolute atomic E-state index is 13.3. The van der Waals surface area contributed by atoms with Crippen LogP contribution in [0.3, 0.4) is 0 Å². The molecule has 0 aliphatic carbocycles. The molecule has 1 aliphatic heterocycles. The van der Waals surface area contributed by atoms with E-state index in [0.717, 1.165) is 11.3 Å². The van der Waals surface area contributed by atoms with Gasteiger partial charge in [-0.05, 0) is 47.2 Å². The number of hydrogen-bond donors (Lipinski definition) is 2. The first-order chi connectivity index (χ1) is 14.1. The van der Waals surface area contributed by atoms with Crippen molar-refractivity contribution in [3.63, 3.8) is 0 Å². The van der Waals surface area contributed by atoms with Crippen molar-refractivity contribution in [3.8, 4) is 11.5 Å². The average molecular weight is 392 g/mol. The van der Waals surface area contributed by atoms with Crippen LogP contribution in [0.15, 0.2) is 59.8 Å². The van der Waals surface area contributed by atoms with E-state index in [1.54, 1.807) is 31.0 Å². The lowest BCUT2D eigenvalue weighted by molar-refractivity contribution is -0.113. The van der Waals surface area contributed by atoms with Crippen molar-refractivity contribution in [1.82, 2.24) is 20.2 Å². The monoisotopic (exact) mass is 392 g/mol. The summed E-state index contributed by atoms with van der Waals surface area (Å²) in [5.41, 5.74) is 2.60. The maximum atomic E-state index is 13.3. The quantitative estimate of drug-likeness (QED) is 0.688. The minimum Gasteiger partial charge on any atom is -0.497 e. The number of methoxy groups -OCH3 is 2. The largest absolute Gasteiger partial charge is 0.497 e. The lowest BCUT2D eigenvalue weighted by Crippen LogP contribution is -2.31. The number of tetrazole rings is 1. The molecule has 1 unspecified atom stereocenters. The molecule has 0 spiro atoms. The van der Waals surface area contributed by atoms with Crippen LogP contribution >= 0.6 is 0 Å². The van der Waals surface area contributed by atoms with E-state index in [4.69, 9.17) is 9.47 Å². The molecule has 9 nitrogen and oxygen atoms in total. The minimum absolute atomic E-state index is 0.276. The summed E-state index contributed by atoms with van der Waals surface area (Å²) in [6.07, 6.45) is 0. The number of benzene rings is 2. The molecule has 2 aromatic carbocycles. The molecule has 1 aliphatic rings. The predicted octanol–water partition coefficient (Wildman–Crippen LogP) is 2.62. The fourth-order valence-corrected chi connectivity index (χ4v) is 3.34. The first-order valence-electron chi connectivity index (χ1n) is 8.96. The summed E-state index contributed by atoms with van der Waals surface area (Å²) in [5.74, 6) is 1.49. The molecule has 1 atom stereocenters. The third-order valence-electron chi connectivity index (χ3n) is 4.75. The number of hydrogen-bond acceptors (Lipinski definition) is 7. The number of carbonyl (C=O) groups excluding carboxylic acids is 1. The second-order valence-corrected chi connectivity index (χ2v) is 6.44. The summed E-state index contributed by atoms with van der Waals surface area (Å²) in [6.45, 7) is 1.83. The van der Waals surface area contributed by atoms with E-state index >= 15 is 0 Å². The molecule has 2 heterocycles. The highest BCUT2D eigenvalue weighted by molar-refractivity contribution is 6.06. The minimum atomic E-state index is -0.498. The standard InChI is InChI=1S/C20H20N6O3/c1-12-17(19(27)22-15-6-4-5-7-16(15)29-3)18(26-20(21-12)23-24-25-26)13-8-10-14(28-2)11-9-13/h4-11,18H,1-3H3,(H,22,27)(H,21,23,25). The van der Waals surface area contributed by atoms with Crippen LogP contribution in [0, 0.1) is 0 Å². The fourth-order valence-electron chi connectivity index (χ4n) is 3.34. The molecule has 0 fully saturated rings. The number of nitrogens with one attached hydrogen (secondary N) is 2. The smallest absolute Gasteiger partial charge is 0.255 e. The molecule has 2 N–H and O–H groups in total. The zero-order chi connectivity index (χ0) is 20.4. The van der Waals surface area contributed by atoms with Gasteiger partial charge in [0.2, 0.25) is 5.95 Å². The van der Waals surface area contributed by atoms with Crippen LogP contribution in [0.4, 0.5) is 11.6 Å². The zero-order valence-electron chi connectivity index (χ0n) is 16.2. The van der Waals surface area contributed by atoms with Crippen molar-refractivity contribution in [2.45, 2.75) is 13.0 Å². The number of amides is 1. The summed E-state index contributed by atoms with van der Waals surface area (Å²) in [4.78, 5) is 13.3. The van der Waals surface area contributed by atoms with E-state index in [0.29, 0.717) is 28.7 Å². The van der Waals surface area contributed by atoms with Gasteiger partial charge in [0.1, 0.15) is 17.5 Å². The van der Waals surface area contributed by atoms with E-state index in [2.05, 4.69) is 26.2 Å². The number of aromatic nitrogens is 4. The van der Waals surface area contributed by atoms with Gasteiger partial charge in [-0.1, -0.05) is 29.4 Å². The van der Waals surface area contributed by atoms with E-state index < -0.39 is 6.04 Å². The molecule has 3 aromatic rings. The van der Waals surface area contributed by atoms with Crippen molar-refractivity contribution in [2.75, 3.05) is 24.9 Å². The topological polar surface area (TPSA) is 103 Å². The van der Waals surface area contributed by atoms with Crippen LogP contribution in [-0.4, -0.2) is 40.3 Å². The molecule has 0 saturated carbocycles. The highest BCUT2D eigenvalue weighted by atomic mass is 16.5. The molecule has 0 radical (unpaired) electrons. The van der Waals surface area contributed by atoms with Gasteiger partial charge in [-0.3, -0.25) is 4.79 Å². The summed E-state index contributed by atoms with van der Waals surface area (Å²) >= 11 is 0. The molecule has 29 heavy (non-hydrogen) atoms. The molecule has 4 rings (SSSR count). The van der Waals surface area contributed by atoms with Gasteiger partial charge in [0.15, 0.2) is 0 Å². The molecule has 1 amide bonds. The second kappa shape index (κ2) is 7.63. The normalized spacial score (nSPS) is 15.3. The molecular weight excluding hydrogens is 372 g/mol. The number of ether oxygens (including phenoxy) is 2. The van der Waals surface area contributed by atoms with Gasteiger partial charge in [-0.2, -0.15) is 4.68 Å². The number of rotatable bonds is 5. The zero-order valence-corrected chi connectivity index (χ0v) is 16.2. The highest BCUT2D eigenvalue weighted by Crippen LogP contribution is 2.36. The highest BCUT2D eigenvalue weighted by Gasteiger charge is 2.34. The van der Waals surface area contributed by atoms with E-state index in [9.17, 15) is 4.79 Å². The van der Waals surface area contributed by atoms with Crippen molar-refractivity contribution >= 4 is 17.5 Å². The van der Waals surface area contributed by atoms with Crippen molar-refractivity contribution in [3.05, 3.63) is 65.4 Å². The Morgan fingerprint density at radius 1 is 1.10 bits per heavy atom. The Morgan fingerprint density at radius 2 is 1.86 bits per heavy atom. The Labute approximate surface area is 167 Å². The summed E-state index contributed by atoms with van der Waals surface area (Å²) in [7, 11) is 3.17. The Hall–Kier alpha value is -3.88. The van der Waals surface area contributed by atoms with Gasteiger partial charge >= 0.3 is 0 Å². The van der Waals surface area contributed by atoms with E-state index in [1.165, 1.54) is 0 Å². The lowest BCUT2D eigenvalue weighted by Gasteiger charge is -2.28. The summed E-state index contributed by atoms with van der Waals surface area (Å²) in [5, 5.41) is 17.9. The first-order valence-corrected chi connectivity index (χ1v) is 8.96. The Bertz CT molecular complexity index is 1070. The number of carbonyl (C=O) groups is 1. The third kappa shape index (κ3) is 3.38. The Morgan fingerprint density at radius 3 is 2.59 bits per heavy atom. The number of nitrogens with zero attached hydrogens (tertiary/aromatic N) is 4. The van der Waals surface area contributed by atoms with Gasteiger partial charge < -0.3 is 20.1 Å². The SMILES string of the molecule is COc1ccc(C2C(C(=O)Nc3ccccc3OC)=C(C)Nc3nnnn32)cc1. The molecule has 0 saturated heterocycles. The van der Waals surface area contributed by atoms with Crippen LogP contribution in [0.25, 0.3) is 0 Å². The fraction of sp³-hybridized carbons (Fsp3) is 0.200. The molecule has 9 heteroatoms. The summed E-state index contributed by atoms with van der Waals surface area (Å²) in [6, 6.07) is 14.2. The van der Waals surface area contributed by atoms with Crippen LogP contribution in [0.1, 0.15) is 18.5 Å². The third-order valence-corrected chi connectivity index (χ3v) is 4.75. The predicted molar refractivity (Wildman–Crippen MR) is 107 cm³/mol. The van der Waals surface area contributed by atoms with Crippen molar-refractivity contribution in [1.29, 1.82) is 0 Å². The second-order valence-electron chi connectivity index (χ2n) is 6.44. The average Bonchev–Trinajstić information content (AvgIpc) is 3.21. The van der Waals surface area contributed by atoms with Crippen molar-refractivity contribution in [2.24, 2.45) is 0 Å². The number of allylic oxidation sites excluding steroid dienone is 1. The molecular formula is C20H20N6O3. The van der Waals surface area contributed by atoms with Gasteiger partial charge in [0.25, 0.3) is 5.91 Å². The molecule has 1 aromatic heterocycles. The molecule has 148 valence electrons. The number of fused-ring (bicyclic) bond motifs is 1. The number of para-hydroxylation sites is 2. The lowest BCUT2D eigenvalue weighted by atomic mass is 9.95. The Balaban J connectivity index is 1.75. The van der Waals surface area contributed by atoms with Gasteiger partial charge in [0, 0.05) is 5.70 Å². The first kappa shape index (κ1) is 18.5. The Kier molecular flexibility index (Phi) is 4.86. The number of anilines is 2. The summed E-state index contributed by atoms with van der Waals surface area (Å²) < 4.78 is 12.2. The van der Waals surface area contributed by atoms with Crippen LogP contribution < -0.4 is 20.1 Å². The van der Waals surface area contributed by atoms with E-state index in [1.807, 2.05) is 43.3 Å². The van der Waals surface area contributed by atoms with Crippen LogP contribution in [-0.2, 0) is 4.79 Å². The van der Waals surface area contributed by atoms with Crippen LogP contribution in [0.5, 0.6) is 11.5 Å². The van der Waals surface area contributed by atoms with Gasteiger partial charge in [0.05, 0.1) is 25.5 Å². The maximum Gasteiger partial charge on any atom is 0.255 e. The van der Waals surface area contributed by atoms with Gasteiger partial charge in [-0.25, -0.2) is 0 Å². The van der Waals surface area contributed by atoms with Crippen LogP contribution in [0.2, 0.25) is 0 Å². The molecule has 0 bridgehead atoms.